The van der Waals surface area contributed by atoms with E-state index >= 15 is 0 Å². The number of nitrogens with two attached hydrogens (primary N) is 4. The van der Waals surface area contributed by atoms with Crippen molar-refractivity contribution in [3.8, 4) is 112 Å². The average Bonchev–Trinajstić information content (AvgIpc) is 1.47. The minimum atomic E-state index is -0.333. The van der Waals surface area contributed by atoms with E-state index in [9.17, 15) is 39.6 Å². The van der Waals surface area contributed by atoms with Gasteiger partial charge in [-0.25, -0.2) is 0 Å². The number of benzene rings is 8. The number of aromatic hydroxyl groups is 4. The SMILES string of the molecule is NC(=O)CCc1cc(-c2ccccn2)ccc1-c1cccc(O)c1.NC(=O)CCc1cc(-c2cccnc2)ccc1-c1cccc(O)c1.NC(=O)CCc1cc(-c2ccncc2)ccc1-c1cccc(O)c1.NC(=O)CCc1cc(-c2ccsc2)ccc1-c1cccc(O)c1. The Morgan fingerprint density at radius 2 is 0.695 bits per heavy atom. The van der Waals surface area contributed by atoms with Gasteiger partial charge < -0.3 is 43.4 Å². The molecule has 16 heteroatoms. The van der Waals surface area contributed by atoms with Crippen molar-refractivity contribution in [3.63, 3.8) is 0 Å². The van der Waals surface area contributed by atoms with Gasteiger partial charge in [0.25, 0.3) is 0 Å². The van der Waals surface area contributed by atoms with Gasteiger partial charge >= 0.3 is 0 Å². The molecule has 4 amide bonds. The van der Waals surface area contributed by atoms with Gasteiger partial charge in [-0.3, -0.25) is 34.1 Å². The van der Waals surface area contributed by atoms with Crippen molar-refractivity contribution in [1.29, 1.82) is 0 Å². The summed E-state index contributed by atoms with van der Waals surface area (Å²) in [6, 6.07) is 68.4. The number of thiophene rings is 1. The third-order valence-corrected chi connectivity index (χ3v) is 16.1. The third-order valence-electron chi connectivity index (χ3n) is 15.4. The summed E-state index contributed by atoms with van der Waals surface area (Å²) in [5.74, 6) is -0.439. The molecule has 15 nitrogen and oxygen atoms in total. The molecular formula is C79H71N7O8S. The average molecular weight is 1280 g/mol. The molecule has 0 aliphatic carbocycles. The number of nitrogens with zero attached hydrogens (tertiary/aromatic N) is 3. The van der Waals surface area contributed by atoms with Gasteiger partial charge in [-0.15, -0.1) is 0 Å². The first-order valence-corrected chi connectivity index (χ1v) is 31.5. The topological polar surface area (TPSA) is 292 Å². The molecule has 4 aromatic heterocycles. The van der Waals surface area contributed by atoms with Crippen LogP contribution in [0.4, 0.5) is 0 Å². The smallest absolute Gasteiger partial charge is 0.217 e. The van der Waals surface area contributed by atoms with E-state index in [-0.39, 0.29) is 65.9 Å². The molecule has 0 atom stereocenters. The highest BCUT2D eigenvalue weighted by Gasteiger charge is 2.15. The highest BCUT2D eigenvalue weighted by molar-refractivity contribution is 7.08. The second-order valence-corrected chi connectivity index (χ2v) is 23.0. The molecule has 95 heavy (non-hydrogen) atoms. The number of aromatic nitrogens is 3. The number of phenols is 4. The van der Waals surface area contributed by atoms with E-state index in [0.717, 1.165) is 111 Å². The molecule has 0 bridgehead atoms. The number of aryl methyl sites for hydroxylation is 4. The summed E-state index contributed by atoms with van der Waals surface area (Å²) < 4.78 is 0. The van der Waals surface area contributed by atoms with Crippen LogP contribution in [0.1, 0.15) is 47.9 Å². The van der Waals surface area contributed by atoms with Crippen molar-refractivity contribution < 1.29 is 39.6 Å². The fourth-order valence-corrected chi connectivity index (χ4v) is 11.5. The number of hydrogen-bond donors (Lipinski definition) is 8. The number of pyridine rings is 3. The number of carbonyl (C=O) groups excluding carboxylic acids is 4. The highest BCUT2D eigenvalue weighted by atomic mass is 32.1. The van der Waals surface area contributed by atoms with Gasteiger partial charge in [0, 0.05) is 62.2 Å². The fourth-order valence-electron chi connectivity index (χ4n) is 10.8. The standard InChI is InChI=1S/3C20H18N2O2.C19H17NO2S/c21-20(24)9-7-16-11-14(17-4-2-10-22-13-17)6-8-19(16)15-3-1-5-18(23)12-15;21-20(24)10-8-15-12-16(19-6-1-2-11-22-19)7-9-18(15)14-4-3-5-17(23)13-14;21-20(24)7-5-17-12-15(14-8-10-22-11-9-14)4-6-19(17)16-2-1-3-18(23)13-16;20-19(22)7-5-15-10-13(16-8-9-23-12-16)4-6-18(15)14-2-1-3-17(21)11-14/h1-6,8,10-13,23H,7,9H2,(H2,21,24);1-7,9,11-13,23H,8,10H2,(H2,21,24);1-4,6,8-13,23H,5,7H2,(H2,21,24);1-4,6,8-12,21H,5,7H2,(H2,20,22). The van der Waals surface area contributed by atoms with Crippen LogP contribution in [0.5, 0.6) is 23.0 Å². The van der Waals surface area contributed by atoms with Gasteiger partial charge in [-0.05, 0) is 228 Å². The summed E-state index contributed by atoms with van der Waals surface area (Å²) in [7, 11) is 0. The molecule has 0 aliphatic rings. The number of phenolic OH excluding ortho intramolecular Hbond substituents is 4. The number of amides is 4. The summed E-state index contributed by atoms with van der Waals surface area (Å²) >= 11 is 1.65. The summed E-state index contributed by atoms with van der Waals surface area (Å²) in [6.45, 7) is 0. The Balaban J connectivity index is 0.000000149. The molecule has 0 spiro atoms. The zero-order chi connectivity index (χ0) is 67.1. The van der Waals surface area contributed by atoms with Gasteiger partial charge in [0.2, 0.25) is 23.6 Å². The Kier molecular flexibility index (Phi) is 23.7. The van der Waals surface area contributed by atoms with Gasteiger partial charge in [0.1, 0.15) is 23.0 Å². The van der Waals surface area contributed by atoms with Gasteiger partial charge in [0.05, 0.1) is 5.69 Å². The lowest BCUT2D eigenvalue weighted by molar-refractivity contribution is -0.118. The van der Waals surface area contributed by atoms with Crippen molar-refractivity contribution in [2.75, 3.05) is 0 Å². The summed E-state index contributed by atoms with van der Waals surface area (Å²) in [5.41, 5.74) is 41.3. The molecule has 0 unspecified atom stereocenters. The zero-order valence-corrected chi connectivity index (χ0v) is 52.8. The summed E-state index contributed by atoms with van der Waals surface area (Å²) in [4.78, 5) is 57.3. The molecule has 0 aliphatic heterocycles. The lowest BCUT2D eigenvalue weighted by Crippen LogP contribution is -2.11. The zero-order valence-electron chi connectivity index (χ0n) is 52.0. The monoisotopic (exact) mass is 1280 g/mol. The molecule has 476 valence electrons. The molecule has 12 aromatic rings. The Labute approximate surface area is 555 Å². The Bertz CT molecular complexity index is 4220. The van der Waals surface area contributed by atoms with Crippen LogP contribution in [0.2, 0.25) is 0 Å². The summed E-state index contributed by atoms with van der Waals surface area (Å²) in [5, 5.41) is 43.1. The molecule has 0 saturated carbocycles. The van der Waals surface area contributed by atoms with Crippen molar-refractivity contribution >= 4 is 35.0 Å². The molecular weight excluding hydrogens is 1210 g/mol. The first-order valence-electron chi connectivity index (χ1n) is 30.6. The maximum atomic E-state index is 11.2. The lowest BCUT2D eigenvalue weighted by Gasteiger charge is -2.12. The van der Waals surface area contributed by atoms with Crippen LogP contribution >= 0.6 is 11.3 Å². The number of hydrogen-bond acceptors (Lipinski definition) is 12. The Hall–Kier alpha value is -12.0. The number of carbonyl (C=O) groups is 4. The first-order chi connectivity index (χ1) is 46.0. The van der Waals surface area contributed by atoms with Crippen LogP contribution < -0.4 is 22.9 Å². The van der Waals surface area contributed by atoms with E-state index in [1.54, 1.807) is 109 Å². The molecule has 4 heterocycles. The van der Waals surface area contributed by atoms with Crippen molar-refractivity contribution in [1.82, 2.24) is 15.0 Å². The molecule has 0 saturated heterocycles. The van der Waals surface area contributed by atoms with E-state index in [0.29, 0.717) is 32.1 Å². The first kappa shape index (κ1) is 67.4. The van der Waals surface area contributed by atoms with E-state index in [1.165, 1.54) is 0 Å². The van der Waals surface area contributed by atoms with Crippen LogP contribution in [0.25, 0.3) is 89.1 Å². The van der Waals surface area contributed by atoms with Crippen molar-refractivity contribution in [2.45, 2.75) is 51.4 Å². The minimum Gasteiger partial charge on any atom is -0.508 e. The summed E-state index contributed by atoms with van der Waals surface area (Å²) in [6.07, 6.45) is 12.2. The van der Waals surface area contributed by atoms with E-state index in [2.05, 4.69) is 50.7 Å². The van der Waals surface area contributed by atoms with Crippen LogP contribution in [-0.4, -0.2) is 59.0 Å². The highest BCUT2D eigenvalue weighted by Crippen LogP contribution is 2.36. The number of primary amides is 4. The van der Waals surface area contributed by atoms with Crippen LogP contribution in [0.3, 0.4) is 0 Å². The van der Waals surface area contributed by atoms with Gasteiger partial charge in [-0.2, -0.15) is 11.3 Å². The molecule has 12 N–H and O–H groups in total. The maximum absolute atomic E-state index is 11.2. The van der Waals surface area contributed by atoms with Gasteiger partial charge in [0.15, 0.2) is 0 Å². The van der Waals surface area contributed by atoms with Crippen molar-refractivity contribution in [2.24, 2.45) is 22.9 Å². The molecule has 0 fully saturated rings. The van der Waals surface area contributed by atoms with Gasteiger partial charge in [-0.1, -0.05) is 127 Å². The lowest BCUT2D eigenvalue weighted by atomic mass is 9.92. The maximum Gasteiger partial charge on any atom is 0.217 e. The second kappa shape index (κ2) is 33.3. The Morgan fingerprint density at radius 3 is 1.04 bits per heavy atom. The Morgan fingerprint density at radius 1 is 0.316 bits per heavy atom. The van der Waals surface area contributed by atoms with Crippen LogP contribution in [0.15, 0.2) is 260 Å². The molecule has 12 rings (SSSR count). The van der Waals surface area contributed by atoms with E-state index in [1.807, 2.05) is 127 Å². The third kappa shape index (κ3) is 19.7. The predicted octanol–water partition coefficient (Wildman–Crippen LogP) is 14.8. The predicted molar refractivity (Wildman–Crippen MR) is 377 cm³/mol. The van der Waals surface area contributed by atoms with Crippen LogP contribution in [-0.2, 0) is 44.9 Å². The van der Waals surface area contributed by atoms with E-state index in [4.69, 9.17) is 22.9 Å². The molecule has 0 radical (unpaired) electrons. The molecule has 8 aromatic carbocycles. The van der Waals surface area contributed by atoms with Crippen molar-refractivity contribution in [3.05, 3.63) is 282 Å². The van der Waals surface area contributed by atoms with E-state index < -0.39 is 0 Å². The fraction of sp³-hybridized carbons (Fsp3) is 0.101. The number of rotatable bonds is 20. The second-order valence-electron chi connectivity index (χ2n) is 22.3. The minimum absolute atomic E-state index is 0.210. The quantitative estimate of drug-likeness (QED) is 0.0355. The normalized spacial score (nSPS) is 10.5. The largest absolute Gasteiger partial charge is 0.508 e. The van der Waals surface area contributed by atoms with Crippen LogP contribution in [0, 0.1) is 0 Å².